The molecule has 25 nitrogen and oxygen atoms in total. The average molecular weight is 1340 g/mol. The normalized spacial score (nSPS) is 26.7. The van der Waals surface area contributed by atoms with Crippen LogP contribution in [0.25, 0.3) is 0 Å². The Bertz CT molecular complexity index is 3000. The largest absolute Gasteiger partial charge is 0.391 e. The quantitative estimate of drug-likeness (QED) is 0.182. The zero-order chi connectivity index (χ0) is 72.3. The number of likely N-dealkylation sites (N-methyl/N-ethyl adjacent to an activating group) is 7. The van der Waals surface area contributed by atoms with Crippen LogP contribution in [0.3, 0.4) is 0 Å². The van der Waals surface area contributed by atoms with E-state index in [0.29, 0.717) is 43.5 Å². The standard InChI is InChI=1S/C71H112N12O13/c1-20-45(8)60-71(96)81(18)57(40-51-32-26-22-27-33-51)69(94)80(17)54(37-43(4)5)62(87)74-53(68(93)83-34-28-23-29-35-83)41-58(85)76(13)48(11)66(91)79(16)55(38-44(6)7)64(89)75-59(49(12)84)70(95)77(14)47(10)61(86)72-46(9)65(90)78(15)56(39-50-30-24-21-25-31-50)63(88)73-52(36-42(2)3)67(92)82(60)19/h21-22,24-27,30-33,42-49,52-57,59-60,84H,20,23,28-29,34-41H2,1-19H3,(H,72,86)(H,73,88)(H,74,87)(H,75,89)/t45-,46-,47-,48+,49+,52-,53-,54-,55-,56-,57-,59-,60-/m0/s1. The molecule has 0 spiro atoms. The Balaban J connectivity index is 1.96. The molecular formula is C71H112N12O13. The Hall–Kier alpha value is -7.96. The predicted molar refractivity (Wildman–Crippen MR) is 365 cm³/mol. The van der Waals surface area contributed by atoms with Gasteiger partial charge >= 0.3 is 0 Å². The highest BCUT2D eigenvalue weighted by Crippen LogP contribution is 2.25. The van der Waals surface area contributed by atoms with E-state index < -0.39 is 156 Å². The van der Waals surface area contributed by atoms with Crippen molar-refractivity contribution in [1.82, 2.24) is 60.5 Å². The first-order valence-corrected chi connectivity index (χ1v) is 34.1. The van der Waals surface area contributed by atoms with Gasteiger partial charge in [-0.1, -0.05) is 122 Å². The monoisotopic (exact) mass is 1340 g/mol. The number of amides is 12. The molecule has 534 valence electrons. The number of carbonyl (C=O) groups is 12. The average Bonchev–Trinajstić information content (AvgIpc) is 0.809. The van der Waals surface area contributed by atoms with E-state index in [-0.39, 0.29) is 49.9 Å². The van der Waals surface area contributed by atoms with Crippen LogP contribution >= 0.6 is 0 Å². The number of benzene rings is 2. The van der Waals surface area contributed by atoms with Crippen molar-refractivity contribution >= 4 is 70.9 Å². The van der Waals surface area contributed by atoms with E-state index in [1.165, 1.54) is 96.6 Å². The molecule has 0 aliphatic carbocycles. The Kier molecular flexibility index (Phi) is 31.0. The highest BCUT2D eigenvalue weighted by atomic mass is 16.3. The summed E-state index contributed by atoms with van der Waals surface area (Å²) in [6, 6.07) is 3.26. The second kappa shape index (κ2) is 37.0. The van der Waals surface area contributed by atoms with Crippen LogP contribution in [0.1, 0.15) is 146 Å². The Labute approximate surface area is 569 Å². The second-order valence-electron chi connectivity index (χ2n) is 27.9. The van der Waals surface area contributed by atoms with Crippen LogP contribution in [0.15, 0.2) is 60.7 Å². The van der Waals surface area contributed by atoms with Crippen molar-refractivity contribution in [2.24, 2.45) is 23.7 Å². The summed E-state index contributed by atoms with van der Waals surface area (Å²) in [4.78, 5) is 188. The van der Waals surface area contributed by atoms with Gasteiger partial charge in [0.05, 0.1) is 12.5 Å². The van der Waals surface area contributed by atoms with Gasteiger partial charge in [-0.25, -0.2) is 0 Å². The number of hydrogen-bond donors (Lipinski definition) is 5. The first-order chi connectivity index (χ1) is 45.0. The van der Waals surface area contributed by atoms with Gasteiger partial charge in [-0.15, -0.1) is 0 Å². The van der Waals surface area contributed by atoms with Gasteiger partial charge in [0.15, 0.2) is 0 Å². The number of likely N-dealkylation sites (tertiary alicyclic amines) is 1. The van der Waals surface area contributed by atoms with Crippen molar-refractivity contribution in [3.05, 3.63) is 71.8 Å². The summed E-state index contributed by atoms with van der Waals surface area (Å²) < 4.78 is 0. The van der Waals surface area contributed by atoms with E-state index in [1.807, 2.05) is 54.5 Å². The summed E-state index contributed by atoms with van der Waals surface area (Å²) in [5.74, 6) is -9.73. The highest BCUT2D eigenvalue weighted by molar-refractivity contribution is 6.00. The number of nitrogens with zero attached hydrogens (tertiary/aromatic N) is 8. The molecule has 2 heterocycles. The molecule has 0 radical (unpaired) electrons. The van der Waals surface area contributed by atoms with Gasteiger partial charge in [0.1, 0.15) is 66.5 Å². The van der Waals surface area contributed by atoms with E-state index >= 15 is 24.0 Å². The third-order valence-electron chi connectivity index (χ3n) is 19.0. The maximum Gasteiger partial charge on any atom is 0.248 e. The maximum absolute atomic E-state index is 15.6. The van der Waals surface area contributed by atoms with E-state index in [4.69, 9.17) is 0 Å². The summed E-state index contributed by atoms with van der Waals surface area (Å²) in [5.41, 5.74) is 1.33. The molecule has 25 heteroatoms. The number of aliphatic hydroxyl groups is 1. The third kappa shape index (κ3) is 21.5. The first kappa shape index (κ1) is 80.5. The summed E-state index contributed by atoms with van der Waals surface area (Å²) in [6.45, 7) is 21.0. The van der Waals surface area contributed by atoms with Gasteiger partial charge in [0.2, 0.25) is 70.9 Å². The van der Waals surface area contributed by atoms with Crippen molar-refractivity contribution in [1.29, 1.82) is 0 Å². The van der Waals surface area contributed by atoms with E-state index in [2.05, 4.69) is 21.3 Å². The zero-order valence-corrected chi connectivity index (χ0v) is 60.4. The molecule has 0 bridgehead atoms. The van der Waals surface area contributed by atoms with Gasteiger partial charge in [-0.3, -0.25) is 57.5 Å². The van der Waals surface area contributed by atoms with Crippen molar-refractivity contribution < 1.29 is 62.6 Å². The van der Waals surface area contributed by atoms with Crippen LogP contribution in [0.4, 0.5) is 0 Å². The second-order valence-corrected chi connectivity index (χ2v) is 27.9. The van der Waals surface area contributed by atoms with Crippen LogP contribution in [-0.4, -0.2) is 250 Å². The Morgan fingerprint density at radius 2 is 0.927 bits per heavy atom. The number of nitrogens with one attached hydrogen (secondary N) is 4. The van der Waals surface area contributed by atoms with E-state index in [9.17, 15) is 38.7 Å². The van der Waals surface area contributed by atoms with Gasteiger partial charge in [0, 0.05) is 75.3 Å². The molecule has 2 aliphatic rings. The molecule has 13 atom stereocenters. The number of aliphatic hydroxyl groups excluding tert-OH is 1. The molecule has 2 fully saturated rings. The number of rotatable bonds is 14. The molecule has 2 saturated heterocycles. The fourth-order valence-corrected chi connectivity index (χ4v) is 12.4. The third-order valence-corrected chi connectivity index (χ3v) is 19.0. The molecule has 0 saturated carbocycles. The molecule has 2 aromatic carbocycles. The minimum Gasteiger partial charge on any atom is -0.391 e. The van der Waals surface area contributed by atoms with Crippen LogP contribution in [0.2, 0.25) is 0 Å². The maximum atomic E-state index is 15.6. The summed E-state index contributed by atoms with van der Waals surface area (Å²) in [6.07, 6.45) is 0.632. The Morgan fingerprint density at radius 1 is 0.469 bits per heavy atom. The molecule has 5 N–H and O–H groups in total. The van der Waals surface area contributed by atoms with Crippen LogP contribution in [0, 0.1) is 23.7 Å². The molecule has 12 amide bonds. The smallest absolute Gasteiger partial charge is 0.248 e. The summed E-state index contributed by atoms with van der Waals surface area (Å²) in [7, 11) is 9.81. The minimum atomic E-state index is -1.66. The summed E-state index contributed by atoms with van der Waals surface area (Å²) in [5, 5.41) is 22.2. The van der Waals surface area contributed by atoms with Gasteiger partial charge in [-0.05, 0) is 101 Å². The minimum absolute atomic E-state index is 0.0272. The molecule has 96 heavy (non-hydrogen) atoms. The lowest BCUT2D eigenvalue weighted by molar-refractivity contribution is -0.154. The van der Waals surface area contributed by atoms with Crippen molar-refractivity contribution in [2.75, 3.05) is 62.4 Å². The predicted octanol–water partition coefficient (Wildman–Crippen LogP) is 3.24. The molecule has 2 aromatic rings. The molecule has 0 unspecified atom stereocenters. The number of piperidine rings is 1. The molecule has 0 aromatic heterocycles. The lowest BCUT2D eigenvalue weighted by atomic mass is 9.93. The number of hydrogen-bond acceptors (Lipinski definition) is 13. The lowest BCUT2D eigenvalue weighted by Crippen LogP contribution is -2.62. The van der Waals surface area contributed by atoms with Crippen molar-refractivity contribution in [3.8, 4) is 0 Å². The van der Waals surface area contributed by atoms with Crippen molar-refractivity contribution in [2.45, 2.75) is 220 Å². The SMILES string of the molecule is CC[C@H](C)[C@H]1C(=O)N(C)[C@@H](Cc2ccccc2)C(=O)N(C)[C@@H](CC(C)C)C(=O)N[C@H](C(=O)N2CCCCC2)CC(=O)N(C)[C@H](C)C(=O)N(C)[C@@H](CC(C)C)C(=O)N[C@@H]([C@@H](C)O)C(=O)N(C)[C@@H](C)C(=O)N[C@@H](C)C(=O)N(C)[C@@H](Cc2ccccc2)C(=O)N[C@@H](CC(C)C)C(=O)N1C. The first-order valence-electron chi connectivity index (χ1n) is 34.1. The number of carbonyl (C=O) groups excluding carboxylic acids is 12. The zero-order valence-electron chi connectivity index (χ0n) is 60.4. The topological polar surface area (TPSA) is 299 Å². The highest BCUT2D eigenvalue weighted by Gasteiger charge is 2.45. The van der Waals surface area contributed by atoms with Gasteiger partial charge in [-0.2, -0.15) is 0 Å². The Morgan fingerprint density at radius 3 is 1.42 bits per heavy atom. The van der Waals surface area contributed by atoms with E-state index in [0.717, 1.165) is 21.1 Å². The summed E-state index contributed by atoms with van der Waals surface area (Å²) >= 11 is 0. The van der Waals surface area contributed by atoms with Crippen molar-refractivity contribution in [3.63, 3.8) is 0 Å². The van der Waals surface area contributed by atoms with Gasteiger partial charge in [0.25, 0.3) is 0 Å². The molecule has 4 rings (SSSR count). The lowest BCUT2D eigenvalue weighted by Gasteiger charge is -2.40. The van der Waals surface area contributed by atoms with Crippen LogP contribution in [-0.2, 0) is 70.4 Å². The fraction of sp³-hybridized carbons (Fsp3) is 0.662. The van der Waals surface area contributed by atoms with Gasteiger partial charge < -0.3 is 65.6 Å². The van der Waals surface area contributed by atoms with Crippen LogP contribution in [0.5, 0.6) is 0 Å². The van der Waals surface area contributed by atoms with Crippen LogP contribution < -0.4 is 21.3 Å². The fourth-order valence-electron chi connectivity index (χ4n) is 12.4. The molecular weight excluding hydrogens is 1230 g/mol. The van der Waals surface area contributed by atoms with E-state index in [1.54, 1.807) is 66.4 Å². The molecule has 2 aliphatic heterocycles.